The second-order valence-corrected chi connectivity index (χ2v) is 7.39. The molecule has 0 unspecified atom stereocenters. The largest absolute Gasteiger partial charge is 0.352 e. The van der Waals surface area contributed by atoms with Crippen LogP contribution < -0.4 is 5.32 Å². The van der Waals surface area contributed by atoms with Crippen molar-refractivity contribution in [1.82, 2.24) is 14.9 Å². The van der Waals surface area contributed by atoms with Crippen molar-refractivity contribution in [3.05, 3.63) is 77.5 Å². The topological polar surface area (TPSA) is 46.9 Å². The zero-order chi connectivity index (χ0) is 19.2. The Hall–Kier alpha value is -2.60. The van der Waals surface area contributed by atoms with Gasteiger partial charge in [0.15, 0.2) is 0 Å². The SMILES string of the molecule is Cc1cc(C(=O)NCCCSc2ccc(F)cc2)c(C)n1-c1ccccn1. The summed E-state index contributed by atoms with van der Waals surface area (Å²) in [6, 6.07) is 14.1. The molecule has 140 valence electrons. The number of nitrogens with one attached hydrogen (secondary N) is 1. The number of benzene rings is 1. The summed E-state index contributed by atoms with van der Waals surface area (Å²) in [5.74, 6) is 1.37. The summed E-state index contributed by atoms with van der Waals surface area (Å²) in [6.45, 7) is 4.50. The minimum absolute atomic E-state index is 0.0722. The van der Waals surface area contributed by atoms with Crippen LogP contribution in [0.15, 0.2) is 59.6 Å². The molecule has 3 rings (SSSR count). The van der Waals surface area contributed by atoms with Gasteiger partial charge in [-0.05, 0) is 68.5 Å². The summed E-state index contributed by atoms with van der Waals surface area (Å²) < 4.78 is 14.9. The third-order valence-electron chi connectivity index (χ3n) is 4.24. The Kier molecular flexibility index (Phi) is 6.29. The smallest absolute Gasteiger partial charge is 0.253 e. The maximum absolute atomic E-state index is 12.9. The number of amides is 1. The van der Waals surface area contributed by atoms with Gasteiger partial charge in [0.05, 0.1) is 5.56 Å². The van der Waals surface area contributed by atoms with E-state index in [1.54, 1.807) is 30.1 Å². The van der Waals surface area contributed by atoms with E-state index in [1.807, 2.05) is 42.7 Å². The lowest BCUT2D eigenvalue weighted by Gasteiger charge is -2.09. The first kappa shape index (κ1) is 19.2. The van der Waals surface area contributed by atoms with Gasteiger partial charge in [-0.1, -0.05) is 6.07 Å². The van der Waals surface area contributed by atoms with Gasteiger partial charge in [0.25, 0.3) is 5.91 Å². The maximum Gasteiger partial charge on any atom is 0.253 e. The lowest BCUT2D eigenvalue weighted by molar-refractivity contribution is 0.0953. The molecule has 0 radical (unpaired) electrons. The molecule has 0 aliphatic rings. The molecular formula is C21H22FN3OS. The highest BCUT2D eigenvalue weighted by atomic mass is 32.2. The highest BCUT2D eigenvalue weighted by molar-refractivity contribution is 7.99. The molecule has 4 nitrogen and oxygen atoms in total. The Bertz CT molecular complexity index is 907. The summed E-state index contributed by atoms with van der Waals surface area (Å²) in [5.41, 5.74) is 2.52. The highest BCUT2D eigenvalue weighted by Crippen LogP contribution is 2.20. The predicted octanol–water partition coefficient (Wildman–Crippen LogP) is 4.54. The molecular weight excluding hydrogens is 361 g/mol. The summed E-state index contributed by atoms with van der Waals surface area (Å²) in [6.07, 6.45) is 2.58. The average Bonchev–Trinajstić information content (AvgIpc) is 2.98. The Morgan fingerprint density at radius 2 is 1.96 bits per heavy atom. The first-order valence-corrected chi connectivity index (χ1v) is 9.82. The minimum atomic E-state index is -0.227. The van der Waals surface area contributed by atoms with E-state index in [0.29, 0.717) is 12.1 Å². The maximum atomic E-state index is 12.9. The van der Waals surface area contributed by atoms with Gasteiger partial charge in [0.2, 0.25) is 0 Å². The van der Waals surface area contributed by atoms with Crippen molar-refractivity contribution in [2.24, 2.45) is 0 Å². The van der Waals surface area contributed by atoms with Gasteiger partial charge >= 0.3 is 0 Å². The van der Waals surface area contributed by atoms with E-state index in [9.17, 15) is 9.18 Å². The molecule has 1 aromatic carbocycles. The second kappa shape index (κ2) is 8.86. The van der Waals surface area contributed by atoms with Crippen LogP contribution in [0.5, 0.6) is 0 Å². The fourth-order valence-corrected chi connectivity index (χ4v) is 3.77. The Morgan fingerprint density at radius 1 is 1.19 bits per heavy atom. The number of carbonyl (C=O) groups excluding carboxylic acids is 1. The molecule has 6 heteroatoms. The molecule has 1 N–H and O–H groups in total. The van der Waals surface area contributed by atoms with Crippen molar-refractivity contribution in [2.75, 3.05) is 12.3 Å². The van der Waals surface area contributed by atoms with Crippen molar-refractivity contribution in [1.29, 1.82) is 0 Å². The molecule has 0 aliphatic heterocycles. The molecule has 0 spiro atoms. The molecule has 1 amide bonds. The van der Waals surface area contributed by atoms with Gasteiger partial charge in [-0.2, -0.15) is 0 Å². The van der Waals surface area contributed by atoms with Crippen molar-refractivity contribution in [3.63, 3.8) is 0 Å². The summed E-state index contributed by atoms with van der Waals surface area (Å²) >= 11 is 1.65. The van der Waals surface area contributed by atoms with E-state index in [4.69, 9.17) is 0 Å². The van der Waals surface area contributed by atoms with Gasteiger partial charge < -0.3 is 9.88 Å². The number of pyridine rings is 1. The monoisotopic (exact) mass is 383 g/mol. The third-order valence-corrected chi connectivity index (χ3v) is 5.34. The van der Waals surface area contributed by atoms with Gasteiger partial charge in [-0.3, -0.25) is 4.79 Å². The molecule has 0 saturated heterocycles. The van der Waals surface area contributed by atoms with Crippen LogP contribution in [0.4, 0.5) is 4.39 Å². The van der Waals surface area contributed by atoms with Crippen LogP contribution in [0.2, 0.25) is 0 Å². The number of halogens is 1. The van der Waals surface area contributed by atoms with Crippen LogP contribution in [0.3, 0.4) is 0 Å². The lowest BCUT2D eigenvalue weighted by atomic mass is 10.2. The van der Waals surface area contributed by atoms with E-state index in [1.165, 1.54) is 12.1 Å². The van der Waals surface area contributed by atoms with Crippen molar-refractivity contribution in [3.8, 4) is 5.82 Å². The molecule has 0 fully saturated rings. The number of nitrogens with zero attached hydrogens (tertiary/aromatic N) is 2. The molecule has 2 heterocycles. The van der Waals surface area contributed by atoms with Crippen molar-refractivity contribution in [2.45, 2.75) is 25.2 Å². The first-order valence-electron chi connectivity index (χ1n) is 8.83. The molecule has 3 aromatic rings. The standard InChI is InChI=1S/C21H22FN3OS/c1-15-14-19(16(2)25(15)20-6-3-4-11-23-20)21(26)24-12-5-13-27-18-9-7-17(22)8-10-18/h3-4,6-11,14H,5,12-13H2,1-2H3,(H,24,26). The summed E-state index contributed by atoms with van der Waals surface area (Å²) in [4.78, 5) is 17.9. The van der Waals surface area contributed by atoms with E-state index in [-0.39, 0.29) is 11.7 Å². The molecule has 0 atom stereocenters. The van der Waals surface area contributed by atoms with Crippen LogP contribution >= 0.6 is 11.8 Å². The normalized spacial score (nSPS) is 10.8. The second-order valence-electron chi connectivity index (χ2n) is 6.22. The Labute approximate surface area is 162 Å². The average molecular weight is 383 g/mol. The number of rotatable bonds is 7. The summed E-state index contributed by atoms with van der Waals surface area (Å²) in [7, 11) is 0. The minimum Gasteiger partial charge on any atom is -0.352 e. The van der Waals surface area contributed by atoms with Gasteiger partial charge in [-0.25, -0.2) is 9.37 Å². The molecule has 0 aliphatic carbocycles. The van der Waals surface area contributed by atoms with Crippen LogP contribution in [-0.4, -0.2) is 27.8 Å². The third kappa shape index (κ3) is 4.77. The van der Waals surface area contributed by atoms with E-state index in [0.717, 1.165) is 34.3 Å². The number of carbonyl (C=O) groups is 1. The lowest BCUT2D eigenvalue weighted by Crippen LogP contribution is -2.25. The summed E-state index contributed by atoms with van der Waals surface area (Å²) in [5, 5.41) is 2.98. The predicted molar refractivity (Wildman–Crippen MR) is 107 cm³/mol. The number of hydrogen-bond acceptors (Lipinski definition) is 3. The zero-order valence-electron chi connectivity index (χ0n) is 15.4. The Morgan fingerprint density at radius 3 is 2.67 bits per heavy atom. The van der Waals surface area contributed by atoms with Crippen molar-refractivity contribution < 1.29 is 9.18 Å². The highest BCUT2D eigenvalue weighted by Gasteiger charge is 2.16. The van der Waals surface area contributed by atoms with E-state index in [2.05, 4.69) is 10.3 Å². The fourth-order valence-electron chi connectivity index (χ4n) is 2.92. The van der Waals surface area contributed by atoms with Crippen LogP contribution in [-0.2, 0) is 0 Å². The van der Waals surface area contributed by atoms with Crippen LogP contribution in [0.25, 0.3) is 5.82 Å². The Balaban J connectivity index is 1.53. The molecule has 0 saturated carbocycles. The van der Waals surface area contributed by atoms with Crippen LogP contribution in [0.1, 0.15) is 28.2 Å². The van der Waals surface area contributed by atoms with Crippen molar-refractivity contribution >= 4 is 17.7 Å². The van der Waals surface area contributed by atoms with E-state index < -0.39 is 0 Å². The zero-order valence-corrected chi connectivity index (χ0v) is 16.2. The molecule has 0 bridgehead atoms. The first-order chi connectivity index (χ1) is 13.1. The quantitative estimate of drug-likeness (QED) is 0.481. The number of hydrogen-bond donors (Lipinski definition) is 1. The molecule has 2 aromatic heterocycles. The van der Waals surface area contributed by atoms with Crippen LogP contribution in [0, 0.1) is 19.7 Å². The van der Waals surface area contributed by atoms with Gasteiger partial charge in [0, 0.05) is 29.0 Å². The molecule has 27 heavy (non-hydrogen) atoms. The number of aryl methyl sites for hydroxylation is 1. The van der Waals surface area contributed by atoms with E-state index >= 15 is 0 Å². The number of aromatic nitrogens is 2. The number of thioether (sulfide) groups is 1. The van der Waals surface area contributed by atoms with Gasteiger partial charge in [-0.15, -0.1) is 11.8 Å². The fraction of sp³-hybridized carbons (Fsp3) is 0.238. The van der Waals surface area contributed by atoms with Gasteiger partial charge in [0.1, 0.15) is 11.6 Å².